The lowest BCUT2D eigenvalue weighted by Gasteiger charge is -2.37. The van der Waals surface area contributed by atoms with E-state index >= 15 is 0 Å². The zero-order chi connectivity index (χ0) is 15.5. The molecule has 3 heterocycles. The summed E-state index contributed by atoms with van der Waals surface area (Å²) in [7, 11) is 0. The summed E-state index contributed by atoms with van der Waals surface area (Å²) in [4.78, 5) is 22.2. The predicted octanol–water partition coefficient (Wildman–Crippen LogP) is 2.97. The predicted molar refractivity (Wildman–Crippen MR) is 89.2 cm³/mol. The van der Waals surface area contributed by atoms with Crippen molar-refractivity contribution in [3.8, 4) is 0 Å². The number of pyridine rings is 1. The Morgan fingerprint density at radius 1 is 1.23 bits per heavy atom. The average molecular weight is 315 g/mol. The molecule has 22 heavy (non-hydrogen) atoms. The Labute approximate surface area is 135 Å². The third-order valence-corrected chi connectivity index (χ3v) is 5.33. The van der Waals surface area contributed by atoms with E-state index in [9.17, 15) is 4.79 Å². The van der Waals surface area contributed by atoms with Crippen LogP contribution in [0.4, 0.5) is 0 Å². The first-order valence-corrected chi connectivity index (χ1v) is 8.53. The van der Waals surface area contributed by atoms with E-state index in [1.54, 1.807) is 11.3 Å². The van der Waals surface area contributed by atoms with Crippen LogP contribution < -0.4 is 0 Å². The number of hydrogen-bond acceptors (Lipinski definition) is 4. The van der Waals surface area contributed by atoms with Gasteiger partial charge in [0.1, 0.15) is 0 Å². The number of piperazine rings is 1. The van der Waals surface area contributed by atoms with Crippen molar-refractivity contribution >= 4 is 17.2 Å². The van der Waals surface area contributed by atoms with Crippen LogP contribution in [0, 0.1) is 6.92 Å². The molecule has 0 bridgehead atoms. The fourth-order valence-electron chi connectivity index (χ4n) is 2.86. The first-order valence-electron chi connectivity index (χ1n) is 7.65. The van der Waals surface area contributed by atoms with Gasteiger partial charge in [0.05, 0.1) is 10.6 Å². The molecule has 0 aliphatic carbocycles. The van der Waals surface area contributed by atoms with Gasteiger partial charge in [-0.2, -0.15) is 0 Å². The van der Waals surface area contributed by atoms with Gasteiger partial charge in [0.25, 0.3) is 5.91 Å². The number of amides is 1. The van der Waals surface area contributed by atoms with Gasteiger partial charge in [-0.3, -0.25) is 14.7 Å². The molecule has 0 saturated carbocycles. The molecular formula is C17H21N3OS. The van der Waals surface area contributed by atoms with Gasteiger partial charge in [0.2, 0.25) is 0 Å². The van der Waals surface area contributed by atoms with Gasteiger partial charge in [-0.1, -0.05) is 6.07 Å². The smallest absolute Gasteiger partial charge is 0.264 e. The molecule has 0 radical (unpaired) electrons. The minimum absolute atomic E-state index is 0.178. The van der Waals surface area contributed by atoms with E-state index in [-0.39, 0.29) is 5.91 Å². The van der Waals surface area contributed by atoms with Crippen molar-refractivity contribution < 1.29 is 4.79 Å². The standard InChI is InChI=1S/C17H21N3OS/c1-13-6-12-22-16(13)17(21)20-10-8-19(9-11-20)14(2)15-5-3-4-7-18-15/h3-7,12,14H,8-11H2,1-2H3/t14-/m0/s1. The number of carbonyl (C=O) groups is 1. The maximum atomic E-state index is 12.5. The number of aryl methyl sites for hydroxylation is 1. The molecule has 1 saturated heterocycles. The zero-order valence-corrected chi connectivity index (χ0v) is 13.8. The molecule has 2 aromatic heterocycles. The average Bonchev–Trinajstić information content (AvgIpc) is 3.00. The number of carbonyl (C=O) groups excluding carboxylic acids is 1. The number of rotatable bonds is 3. The molecule has 1 atom stereocenters. The Morgan fingerprint density at radius 3 is 2.59 bits per heavy atom. The normalized spacial score (nSPS) is 17.5. The second kappa shape index (κ2) is 6.58. The summed E-state index contributed by atoms with van der Waals surface area (Å²) in [6.07, 6.45) is 1.84. The third-order valence-electron chi connectivity index (χ3n) is 4.32. The van der Waals surface area contributed by atoms with Gasteiger partial charge in [-0.15, -0.1) is 11.3 Å². The second-order valence-electron chi connectivity index (χ2n) is 5.69. The van der Waals surface area contributed by atoms with Gasteiger partial charge >= 0.3 is 0 Å². The minimum Gasteiger partial charge on any atom is -0.335 e. The number of hydrogen-bond donors (Lipinski definition) is 0. The maximum absolute atomic E-state index is 12.5. The van der Waals surface area contributed by atoms with Gasteiger partial charge in [0, 0.05) is 38.4 Å². The Hall–Kier alpha value is -1.72. The molecular weight excluding hydrogens is 294 g/mol. The van der Waals surface area contributed by atoms with Gasteiger partial charge in [-0.05, 0) is 43.0 Å². The first kappa shape index (κ1) is 15.2. The largest absolute Gasteiger partial charge is 0.335 e. The summed E-state index contributed by atoms with van der Waals surface area (Å²) in [6, 6.07) is 8.34. The molecule has 4 nitrogen and oxygen atoms in total. The fraction of sp³-hybridized carbons (Fsp3) is 0.412. The highest BCUT2D eigenvalue weighted by Crippen LogP contribution is 2.22. The Kier molecular flexibility index (Phi) is 4.55. The van der Waals surface area contributed by atoms with E-state index in [1.807, 2.05) is 41.6 Å². The van der Waals surface area contributed by atoms with Crippen molar-refractivity contribution in [2.24, 2.45) is 0 Å². The van der Waals surface area contributed by atoms with Crippen LogP contribution in [0.1, 0.15) is 33.9 Å². The topological polar surface area (TPSA) is 36.4 Å². The van der Waals surface area contributed by atoms with Gasteiger partial charge < -0.3 is 4.90 Å². The van der Waals surface area contributed by atoms with Crippen LogP contribution in [0.2, 0.25) is 0 Å². The summed E-state index contributed by atoms with van der Waals surface area (Å²) in [5.41, 5.74) is 2.18. The molecule has 116 valence electrons. The third kappa shape index (κ3) is 3.05. The quantitative estimate of drug-likeness (QED) is 0.874. The molecule has 1 aliphatic rings. The van der Waals surface area contributed by atoms with Crippen LogP contribution in [0.5, 0.6) is 0 Å². The summed E-state index contributed by atoms with van der Waals surface area (Å²) < 4.78 is 0. The first-order chi connectivity index (χ1) is 10.7. The lowest BCUT2D eigenvalue weighted by atomic mass is 10.1. The fourth-order valence-corrected chi connectivity index (χ4v) is 3.75. The molecule has 1 aliphatic heterocycles. The molecule has 3 rings (SSSR count). The minimum atomic E-state index is 0.178. The Morgan fingerprint density at radius 2 is 2.00 bits per heavy atom. The van der Waals surface area contributed by atoms with Crippen molar-refractivity contribution in [3.63, 3.8) is 0 Å². The summed E-state index contributed by atoms with van der Waals surface area (Å²) in [6.45, 7) is 7.55. The number of aromatic nitrogens is 1. The van der Waals surface area contributed by atoms with E-state index in [0.29, 0.717) is 6.04 Å². The number of nitrogens with zero attached hydrogens (tertiary/aromatic N) is 3. The molecule has 0 unspecified atom stereocenters. The molecule has 0 N–H and O–H groups in total. The Bertz CT molecular complexity index is 632. The monoisotopic (exact) mass is 315 g/mol. The lowest BCUT2D eigenvalue weighted by Crippen LogP contribution is -2.49. The molecule has 1 fully saturated rings. The van der Waals surface area contributed by atoms with E-state index in [2.05, 4.69) is 22.9 Å². The highest BCUT2D eigenvalue weighted by atomic mass is 32.1. The molecule has 0 aromatic carbocycles. The second-order valence-corrected chi connectivity index (χ2v) is 6.61. The maximum Gasteiger partial charge on any atom is 0.264 e. The van der Waals surface area contributed by atoms with E-state index in [0.717, 1.165) is 42.3 Å². The van der Waals surface area contributed by atoms with Gasteiger partial charge in [-0.25, -0.2) is 0 Å². The number of thiophene rings is 1. The zero-order valence-electron chi connectivity index (χ0n) is 13.0. The van der Waals surface area contributed by atoms with Gasteiger partial charge in [0.15, 0.2) is 0 Å². The van der Waals surface area contributed by atoms with Crippen molar-refractivity contribution in [1.82, 2.24) is 14.8 Å². The van der Waals surface area contributed by atoms with Crippen LogP contribution in [0.15, 0.2) is 35.8 Å². The molecule has 2 aromatic rings. The van der Waals surface area contributed by atoms with Crippen molar-refractivity contribution in [2.75, 3.05) is 26.2 Å². The van der Waals surface area contributed by atoms with E-state index in [1.165, 1.54) is 0 Å². The summed E-state index contributed by atoms with van der Waals surface area (Å²) in [5.74, 6) is 0.178. The van der Waals surface area contributed by atoms with Crippen LogP contribution >= 0.6 is 11.3 Å². The van der Waals surface area contributed by atoms with Crippen molar-refractivity contribution in [2.45, 2.75) is 19.9 Å². The highest BCUT2D eigenvalue weighted by molar-refractivity contribution is 7.12. The highest BCUT2D eigenvalue weighted by Gasteiger charge is 2.26. The summed E-state index contributed by atoms with van der Waals surface area (Å²) in [5, 5.41) is 1.99. The van der Waals surface area contributed by atoms with E-state index < -0.39 is 0 Å². The van der Waals surface area contributed by atoms with Crippen molar-refractivity contribution in [1.29, 1.82) is 0 Å². The van der Waals surface area contributed by atoms with Crippen LogP contribution in [-0.4, -0.2) is 46.9 Å². The summed E-state index contributed by atoms with van der Waals surface area (Å²) >= 11 is 1.54. The van der Waals surface area contributed by atoms with Crippen molar-refractivity contribution in [3.05, 3.63) is 52.0 Å². The molecule has 0 spiro atoms. The van der Waals surface area contributed by atoms with E-state index in [4.69, 9.17) is 0 Å². The van der Waals surface area contributed by atoms with Crippen LogP contribution in [0.25, 0.3) is 0 Å². The van der Waals surface area contributed by atoms with Crippen LogP contribution in [0.3, 0.4) is 0 Å². The van der Waals surface area contributed by atoms with Crippen LogP contribution in [-0.2, 0) is 0 Å². The lowest BCUT2D eigenvalue weighted by molar-refractivity contribution is 0.0583. The molecule has 5 heteroatoms. The molecule has 1 amide bonds. The SMILES string of the molecule is Cc1ccsc1C(=O)N1CCN([C@@H](C)c2ccccn2)CC1. The Balaban J connectivity index is 1.61.